The second-order valence-electron chi connectivity index (χ2n) is 8.86. The number of piperidine rings is 1. The summed E-state index contributed by atoms with van der Waals surface area (Å²) in [4.78, 5) is 44.2. The Kier molecular flexibility index (Phi) is 8.31. The number of likely N-dealkylation sites (tertiary alicyclic amines) is 1. The number of nitrogens with zero attached hydrogens (tertiary/aromatic N) is 3. The summed E-state index contributed by atoms with van der Waals surface area (Å²) in [7, 11) is 1.55. The molecule has 174 valence electrons. The van der Waals surface area contributed by atoms with Gasteiger partial charge < -0.3 is 15.4 Å². The molecule has 0 aromatic carbocycles. The molecule has 1 saturated heterocycles. The lowest BCUT2D eigenvalue weighted by Crippen LogP contribution is -2.49. The number of hydrogen-bond donors (Lipinski definition) is 2. The first-order chi connectivity index (χ1) is 15.0. The normalized spacial score (nSPS) is 21.6. The van der Waals surface area contributed by atoms with Crippen LogP contribution in [-0.4, -0.2) is 60.3 Å². The van der Waals surface area contributed by atoms with Crippen molar-refractivity contribution in [1.29, 1.82) is 0 Å². The summed E-state index contributed by atoms with van der Waals surface area (Å²) in [5, 5.41) is 0. The lowest BCUT2D eigenvalue weighted by Gasteiger charge is -2.41. The van der Waals surface area contributed by atoms with Crippen LogP contribution in [0.15, 0.2) is 9.59 Å². The highest BCUT2D eigenvalue weighted by Gasteiger charge is 2.33. The van der Waals surface area contributed by atoms with Crippen molar-refractivity contribution in [1.82, 2.24) is 14.5 Å². The highest BCUT2D eigenvalue weighted by atomic mass is 16.5. The number of amides is 1. The number of methoxy groups -OCH3 is 1. The van der Waals surface area contributed by atoms with E-state index in [4.69, 9.17) is 10.5 Å². The number of unbranched alkanes of at least 4 members (excludes halogenated alkanes) is 1. The molecular formula is C22H37N5O4. The van der Waals surface area contributed by atoms with Crippen LogP contribution in [0.5, 0.6) is 0 Å². The van der Waals surface area contributed by atoms with Crippen molar-refractivity contribution in [2.24, 2.45) is 11.8 Å². The van der Waals surface area contributed by atoms with Gasteiger partial charge >= 0.3 is 5.69 Å². The van der Waals surface area contributed by atoms with Crippen molar-refractivity contribution in [3.8, 4) is 0 Å². The first-order valence-corrected chi connectivity index (χ1v) is 11.6. The number of ether oxygens (including phenoxy) is 1. The largest absolute Gasteiger partial charge is 0.383 e. The molecule has 2 atom stereocenters. The van der Waals surface area contributed by atoms with Crippen LogP contribution in [0.3, 0.4) is 0 Å². The standard InChI is InChI=1S/C22H37N5O4/c1-3-4-10-27-20(23)19(21(29)24-22(27)30)26(12-13-31-2)18(28)15-25-11-9-16-7-5-6-8-17(16)14-25/h16-17H,3-15,23H2,1-2H3,(H,24,29,30). The van der Waals surface area contributed by atoms with Crippen LogP contribution in [-0.2, 0) is 16.1 Å². The van der Waals surface area contributed by atoms with Gasteiger partial charge in [-0.05, 0) is 37.6 Å². The highest BCUT2D eigenvalue weighted by Crippen LogP contribution is 2.36. The van der Waals surface area contributed by atoms with Crippen LogP contribution in [0.25, 0.3) is 0 Å². The maximum atomic E-state index is 13.3. The molecule has 1 aromatic heterocycles. The molecule has 2 heterocycles. The number of aromatic amines is 1. The smallest absolute Gasteiger partial charge is 0.330 e. The van der Waals surface area contributed by atoms with Gasteiger partial charge in [0.05, 0.1) is 13.2 Å². The van der Waals surface area contributed by atoms with E-state index in [0.717, 1.165) is 38.3 Å². The molecule has 2 aliphatic rings. The lowest BCUT2D eigenvalue weighted by atomic mass is 9.75. The molecule has 0 bridgehead atoms. The first-order valence-electron chi connectivity index (χ1n) is 11.6. The predicted molar refractivity (Wildman–Crippen MR) is 121 cm³/mol. The molecule has 2 unspecified atom stereocenters. The van der Waals surface area contributed by atoms with E-state index >= 15 is 0 Å². The lowest BCUT2D eigenvalue weighted by molar-refractivity contribution is -0.120. The van der Waals surface area contributed by atoms with Gasteiger partial charge in [-0.2, -0.15) is 0 Å². The fraction of sp³-hybridized carbons (Fsp3) is 0.773. The zero-order valence-corrected chi connectivity index (χ0v) is 18.9. The number of carbonyl (C=O) groups excluding carboxylic acids is 1. The van der Waals surface area contributed by atoms with E-state index < -0.39 is 11.2 Å². The van der Waals surface area contributed by atoms with Crippen LogP contribution < -0.4 is 21.9 Å². The van der Waals surface area contributed by atoms with E-state index in [1.165, 1.54) is 35.2 Å². The van der Waals surface area contributed by atoms with Gasteiger partial charge in [0, 0.05) is 26.7 Å². The third kappa shape index (κ3) is 5.57. The Morgan fingerprint density at radius 1 is 1.23 bits per heavy atom. The number of H-pyrrole nitrogens is 1. The van der Waals surface area contributed by atoms with Crippen LogP contribution in [0.2, 0.25) is 0 Å². The second kappa shape index (κ2) is 10.9. The number of aromatic nitrogens is 2. The molecule has 3 rings (SSSR count). The first kappa shape index (κ1) is 23.5. The molecule has 1 saturated carbocycles. The third-order valence-corrected chi connectivity index (χ3v) is 6.77. The van der Waals surface area contributed by atoms with Gasteiger partial charge in [-0.25, -0.2) is 4.79 Å². The molecule has 3 N–H and O–H groups in total. The summed E-state index contributed by atoms with van der Waals surface area (Å²) in [6.45, 7) is 4.94. The number of nitrogens with one attached hydrogen (secondary N) is 1. The number of nitrogens with two attached hydrogens (primary N) is 1. The molecule has 1 amide bonds. The SMILES string of the molecule is CCCCn1c(N)c(N(CCOC)C(=O)CN2CCC3CCCCC3C2)c(=O)[nH]c1=O. The summed E-state index contributed by atoms with van der Waals surface area (Å²) in [5.74, 6) is 1.29. The van der Waals surface area contributed by atoms with Crippen molar-refractivity contribution >= 4 is 17.4 Å². The van der Waals surface area contributed by atoms with Gasteiger partial charge in [0.2, 0.25) is 5.91 Å². The number of hydrogen-bond acceptors (Lipinski definition) is 6. The van der Waals surface area contributed by atoms with Gasteiger partial charge in [0.25, 0.3) is 5.56 Å². The van der Waals surface area contributed by atoms with E-state index in [1.807, 2.05) is 6.92 Å². The fourth-order valence-electron chi connectivity index (χ4n) is 5.02. The van der Waals surface area contributed by atoms with Gasteiger partial charge in [0.15, 0.2) is 5.69 Å². The van der Waals surface area contributed by atoms with E-state index in [2.05, 4.69) is 9.88 Å². The fourth-order valence-corrected chi connectivity index (χ4v) is 5.02. The average molecular weight is 436 g/mol. The van der Waals surface area contributed by atoms with Crippen LogP contribution in [0.4, 0.5) is 11.5 Å². The maximum absolute atomic E-state index is 13.3. The Morgan fingerprint density at radius 3 is 2.68 bits per heavy atom. The molecule has 31 heavy (non-hydrogen) atoms. The second-order valence-corrected chi connectivity index (χ2v) is 8.86. The number of carbonyl (C=O) groups is 1. The summed E-state index contributed by atoms with van der Waals surface area (Å²) >= 11 is 0. The van der Waals surface area contributed by atoms with Crippen molar-refractivity contribution < 1.29 is 9.53 Å². The third-order valence-electron chi connectivity index (χ3n) is 6.77. The van der Waals surface area contributed by atoms with E-state index in [1.54, 1.807) is 7.11 Å². The van der Waals surface area contributed by atoms with Gasteiger partial charge in [0.1, 0.15) is 5.82 Å². The molecular weight excluding hydrogens is 398 g/mol. The Labute approximate surface area is 183 Å². The van der Waals surface area contributed by atoms with Crippen LogP contribution in [0, 0.1) is 11.8 Å². The monoisotopic (exact) mass is 435 g/mol. The summed E-state index contributed by atoms with van der Waals surface area (Å²) in [5.41, 5.74) is 5.12. The molecule has 2 fully saturated rings. The van der Waals surface area contributed by atoms with Crippen molar-refractivity contribution in [2.75, 3.05) is 50.5 Å². The Hall–Kier alpha value is -2.13. The summed E-state index contributed by atoms with van der Waals surface area (Å²) < 4.78 is 6.52. The highest BCUT2D eigenvalue weighted by molar-refractivity contribution is 5.96. The van der Waals surface area contributed by atoms with Gasteiger partial charge in [-0.1, -0.05) is 32.6 Å². The molecule has 9 heteroatoms. The number of nitrogen functional groups attached to an aromatic ring is 1. The van der Waals surface area contributed by atoms with E-state index in [9.17, 15) is 14.4 Å². The van der Waals surface area contributed by atoms with Crippen LogP contribution in [0.1, 0.15) is 51.9 Å². The molecule has 9 nitrogen and oxygen atoms in total. The summed E-state index contributed by atoms with van der Waals surface area (Å²) in [6, 6.07) is 0. The molecule has 1 aliphatic carbocycles. The number of anilines is 2. The maximum Gasteiger partial charge on any atom is 0.330 e. The topological polar surface area (TPSA) is 114 Å². The van der Waals surface area contributed by atoms with Crippen LogP contribution >= 0.6 is 0 Å². The molecule has 1 aliphatic heterocycles. The van der Waals surface area contributed by atoms with Crippen molar-refractivity contribution in [3.63, 3.8) is 0 Å². The van der Waals surface area contributed by atoms with Crippen molar-refractivity contribution in [2.45, 2.75) is 58.4 Å². The zero-order valence-electron chi connectivity index (χ0n) is 18.9. The minimum atomic E-state index is -0.634. The predicted octanol–water partition coefficient (Wildman–Crippen LogP) is 1.41. The van der Waals surface area contributed by atoms with Gasteiger partial charge in [-0.15, -0.1) is 0 Å². The quantitative estimate of drug-likeness (QED) is 0.606. The number of fused-ring (bicyclic) bond motifs is 1. The van der Waals surface area contributed by atoms with E-state index in [0.29, 0.717) is 12.5 Å². The summed E-state index contributed by atoms with van der Waals surface area (Å²) in [6.07, 6.45) is 7.88. The van der Waals surface area contributed by atoms with E-state index in [-0.39, 0.29) is 37.1 Å². The zero-order chi connectivity index (χ0) is 22.4. The molecule has 0 spiro atoms. The molecule has 0 radical (unpaired) electrons. The Bertz CT molecular complexity index is 864. The minimum Gasteiger partial charge on any atom is -0.383 e. The molecule has 1 aromatic rings. The Balaban J connectivity index is 1.82. The average Bonchev–Trinajstić information content (AvgIpc) is 2.75. The van der Waals surface area contributed by atoms with Crippen molar-refractivity contribution in [3.05, 3.63) is 20.8 Å². The minimum absolute atomic E-state index is 0.0395. The Morgan fingerprint density at radius 2 is 1.97 bits per heavy atom. The number of rotatable bonds is 9. The van der Waals surface area contributed by atoms with Gasteiger partial charge in [-0.3, -0.25) is 24.0 Å².